The molecule has 5 fully saturated rings. The second kappa shape index (κ2) is 6.73. The molecule has 0 saturated heterocycles. The van der Waals surface area contributed by atoms with E-state index in [1.807, 2.05) is 0 Å². The Labute approximate surface area is 176 Å². The Balaban J connectivity index is 1.45. The number of nitrogens with one attached hydrogen (secondary N) is 1. The zero-order valence-electron chi connectivity index (χ0n) is 17.0. The van der Waals surface area contributed by atoms with Crippen LogP contribution in [0.2, 0.25) is 5.02 Å². The summed E-state index contributed by atoms with van der Waals surface area (Å²) in [7, 11) is 0. The van der Waals surface area contributed by atoms with Crippen molar-refractivity contribution in [3.05, 3.63) is 21.6 Å². The Morgan fingerprint density at radius 2 is 1.86 bits per heavy atom. The average Bonchev–Trinajstić information content (AvgIpc) is 2.66. The van der Waals surface area contributed by atoms with E-state index in [1.165, 1.54) is 12.8 Å². The van der Waals surface area contributed by atoms with Gasteiger partial charge in [0.2, 0.25) is 0 Å². The van der Waals surface area contributed by atoms with Crippen molar-refractivity contribution in [1.29, 1.82) is 0 Å². The lowest BCUT2D eigenvalue weighted by Crippen LogP contribution is -2.61. The summed E-state index contributed by atoms with van der Waals surface area (Å²) >= 11 is 6.53. The van der Waals surface area contributed by atoms with Gasteiger partial charge in [-0.15, -0.1) is 0 Å². The number of hydrogen-bond donors (Lipinski definition) is 2. The molecule has 0 spiro atoms. The highest BCUT2D eigenvalue weighted by molar-refractivity contribution is 6.32. The minimum Gasteiger partial charge on any atom is -0.481 e. The van der Waals surface area contributed by atoms with Gasteiger partial charge >= 0.3 is 5.97 Å². The molecular formula is C22H30ClN3O3. The SMILES string of the molecule is CC1CCC(Nc2cnn(C34C[C@H]5C[C@@H](CC(C(=O)O)(C5)C3)C4)c(=O)c2Cl)CC1. The lowest BCUT2D eigenvalue weighted by Gasteiger charge is -2.60. The van der Waals surface area contributed by atoms with Crippen LogP contribution in [0.3, 0.4) is 0 Å². The van der Waals surface area contributed by atoms with Crippen molar-refractivity contribution in [3.8, 4) is 0 Å². The van der Waals surface area contributed by atoms with Gasteiger partial charge in [-0.3, -0.25) is 9.59 Å². The quantitative estimate of drug-likeness (QED) is 0.761. The summed E-state index contributed by atoms with van der Waals surface area (Å²) in [4.78, 5) is 25.4. The van der Waals surface area contributed by atoms with Crippen LogP contribution in [-0.4, -0.2) is 26.9 Å². The third-order valence-electron chi connectivity index (χ3n) is 8.23. The number of hydrogen-bond acceptors (Lipinski definition) is 4. The van der Waals surface area contributed by atoms with E-state index in [9.17, 15) is 14.7 Å². The van der Waals surface area contributed by atoms with E-state index in [0.29, 0.717) is 30.0 Å². The van der Waals surface area contributed by atoms with Gasteiger partial charge in [-0.25, -0.2) is 4.68 Å². The largest absolute Gasteiger partial charge is 0.481 e. The Bertz CT molecular complexity index is 876. The number of carbonyl (C=O) groups is 1. The van der Waals surface area contributed by atoms with Crippen molar-refractivity contribution in [2.45, 2.75) is 82.7 Å². The first-order chi connectivity index (χ1) is 13.8. The van der Waals surface area contributed by atoms with Crippen LogP contribution in [-0.2, 0) is 10.3 Å². The summed E-state index contributed by atoms with van der Waals surface area (Å²) in [5, 5.41) is 18.2. The Morgan fingerprint density at radius 1 is 1.21 bits per heavy atom. The fraction of sp³-hybridized carbons (Fsp3) is 0.773. The van der Waals surface area contributed by atoms with Gasteiger partial charge in [0, 0.05) is 6.04 Å². The van der Waals surface area contributed by atoms with E-state index in [-0.39, 0.29) is 10.6 Å². The maximum atomic E-state index is 13.3. The minimum absolute atomic E-state index is 0.193. The number of aliphatic carboxylic acids is 1. The van der Waals surface area contributed by atoms with Crippen molar-refractivity contribution >= 4 is 23.3 Å². The third kappa shape index (κ3) is 3.09. The van der Waals surface area contributed by atoms with Crippen molar-refractivity contribution < 1.29 is 9.90 Å². The van der Waals surface area contributed by atoms with Crippen molar-refractivity contribution in [3.63, 3.8) is 0 Å². The van der Waals surface area contributed by atoms with Crippen LogP contribution in [0.5, 0.6) is 0 Å². The molecular weight excluding hydrogens is 390 g/mol. The lowest BCUT2D eigenvalue weighted by atomic mass is 9.47. The molecule has 1 aromatic rings. The van der Waals surface area contributed by atoms with E-state index in [4.69, 9.17) is 11.6 Å². The fourth-order valence-corrected chi connectivity index (χ4v) is 7.39. The highest BCUT2D eigenvalue weighted by Crippen LogP contribution is 2.63. The molecule has 2 atom stereocenters. The van der Waals surface area contributed by atoms with E-state index >= 15 is 0 Å². The van der Waals surface area contributed by atoms with E-state index in [1.54, 1.807) is 10.9 Å². The molecule has 5 aliphatic carbocycles. The summed E-state index contributed by atoms with van der Waals surface area (Å²) in [5.74, 6) is 0.774. The van der Waals surface area contributed by atoms with Gasteiger partial charge in [-0.05, 0) is 82.0 Å². The van der Waals surface area contributed by atoms with Gasteiger partial charge in [0.05, 0.1) is 22.8 Å². The van der Waals surface area contributed by atoms with E-state index < -0.39 is 16.9 Å². The third-order valence-corrected chi connectivity index (χ3v) is 8.59. The molecule has 0 radical (unpaired) electrons. The van der Waals surface area contributed by atoms with Crippen LogP contribution in [0, 0.1) is 23.2 Å². The predicted octanol–water partition coefficient (Wildman–Crippen LogP) is 4.27. The van der Waals surface area contributed by atoms with Gasteiger partial charge < -0.3 is 10.4 Å². The summed E-state index contributed by atoms with van der Waals surface area (Å²) in [6, 6.07) is 0.329. The smallest absolute Gasteiger partial charge is 0.309 e. The van der Waals surface area contributed by atoms with Gasteiger partial charge in [0.25, 0.3) is 5.56 Å². The number of nitrogens with zero attached hydrogens (tertiary/aromatic N) is 2. The molecule has 0 unspecified atom stereocenters. The molecule has 5 saturated carbocycles. The molecule has 1 heterocycles. The number of anilines is 1. The zero-order valence-corrected chi connectivity index (χ0v) is 17.7. The molecule has 0 aliphatic heterocycles. The number of rotatable bonds is 4. The van der Waals surface area contributed by atoms with Gasteiger partial charge in [0.15, 0.2) is 0 Å². The standard InChI is InChI=1S/C22H30ClN3O3/c1-13-2-4-16(5-3-13)25-17-11-24-26(19(27)18(17)23)22-9-14-6-15(10-22)8-21(7-14,12-22)20(28)29/h11,13-16,25H,2-10,12H2,1H3,(H,28,29)/t13?,14-,15-,16?,21?,22?/m0/s1. The predicted molar refractivity (Wildman–Crippen MR) is 111 cm³/mol. The first-order valence-corrected chi connectivity index (χ1v) is 11.5. The second-order valence-corrected chi connectivity index (χ2v) is 10.8. The molecule has 6 nitrogen and oxygen atoms in total. The summed E-state index contributed by atoms with van der Waals surface area (Å²) in [6.07, 6.45) is 11.0. The summed E-state index contributed by atoms with van der Waals surface area (Å²) < 4.78 is 1.55. The first kappa shape index (κ1) is 19.4. The number of aromatic nitrogens is 2. The number of halogens is 1. The van der Waals surface area contributed by atoms with Crippen LogP contribution < -0.4 is 10.9 Å². The van der Waals surface area contributed by atoms with Gasteiger partial charge in [0.1, 0.15) is 5.02 Å². The van der Waals surface area contributed by atoms with Crippen LogP contribution in [0.25, 0.3) is 0 Å². The maximum absolute atomic E-state index is 13.3. The topological polar surface area (TPSA) is 84.2 Å². The van der Waals surface area contributed by atoms with E-state index in [0.717, 1.165) is 50.9 Å². The normalized spacial score (nSPS) is 40.8. The van der Waals surface area contributed by atoms with Gasteiger partial charge in [-0.2, -0.15) is 5.10 Å². The van der Waals surface area contributed by atoms with Gasteiger partial charge in [-0.1, -0.05) is 18.5 Å². The molecule has 2 N–H and O–H groups in total. The van der Waals surface area contributed by atoms with Crippen LogP contribution in [0.4, 0.5) is 5.69 Å². The molecule has 0 aromatic carbocycles. The van der Waals surface area contributed by atoms with Crippen LogP contribution in [0.15, 0.2) is 11.0 Å². The molecule has 4 bridgehead atoms. The Hall–Kier alpha value is -1.56. The fourth-order valence-electron chi connectivity index (χ4n) is 7.21. The number of carboxylic acid groups (broad SMARTS) is 1. The molecule has 5 aliphatic rings. The first-order valence-electron chi connectivity index (χ1n) is 11.1. The van der Waals surface area contributed by atoms with Crippen LogP contribution in [0.1, 0.15) is 71.1 Å². The van der Waals surface area contributed by atoms with Crippen molar-refractivity contribution in [2.24, 2.45) is 23.2 Å². The minimum atomic E-state index is -0.708. The monoisotopic (exact) mass is 419 g/mol. The molecule has 1 aromatic heterocycles. The average molecular weight is 420 g/mol. The van der Waals surface area contributed by atoms with Crippen molar-refractivity contribution in [1.82, 2.24) is 9.78 Å². The van der Waals surface area contributed by atoms with E-state index in [2.05, 4.69) is 17.3 Å². The number of carboxylic acids is 1. The van der Waals surface area contributed by atoms with Crippen LogP contribution >= 0.6 is 11.6 Å². The highest BCUT2D eigenvalue weighted by atomic mass is 35.5. The zero-order chi connectivity index (χ0) is 20.4. The van der Waals surface area contributed by atoms with Crippen molar-refractivity contribution in [2.75, 3.05) is 5.32 Å². The molecule has 7 heteroatoms. The Morgan fingerprint density at radius 3 is 2.48 bits per heavy atom. The maximum Gasteiger partial charge on any atom is 0.309 e. The Kier molecular flexibility index (Phi) is 4.50. The molecule has 6 rings (SSSR count). The molecule has 29 heavy (non-hydrogen) atoms. The summed E-state index contributed by atoms with van der Waals surface area (Å²) in [6.45, 7) is 2.28. The molecule has 158 valence electrons. The second-order valence-electron chi connectivity index (χ2n) is 10.5. The summed E-state index contributed by atoms with van der Waals surface area (Å²) in [5.41, 5.74) is -0.858. The molecule has 0 amide bonds. The lowest BCUT2D eigenvalue weighted by molar-refractivity contribution is -0.173. The highest BCUT2D eigenvalue weighted by Gasteiger charge is 2.62.